The lowest BCUT2D eigenvalue weighted by molar-refractivity contribution is -0.144. The van der Waals surface area contributed by atoms with Crippen molar-refractivity contribution < 1.29 is 38.6 Å². The Morgan fingerprint density at radius 1 is 0.970 bits per heavy atom. The number of aliphatic hydroxyl groups is 1. The number of nitrogens with one attached hydrogen (secondary N) is 3. The van der Waals surface area contributed by atoms with Crippen LogP contribution in [0.25, 0.3) is 10.4 Å². The average Bonchev–Trinajstić information content (AvgIpc) is 3.99. The number of β-amino-alcohol motifs (C(OH)–C–C–N with tert-alkyl or cyclic N) is 1. The Morgan fingerprint density at radius 2 is 1.67 bits per heavy atom. The van der Waals surface area contributed by atoms with E-state index in [2.05, 4.69) is 20.9 Å². The lowest BCUT2D eigenvalue weighted by Crippen LogP contribution is -2.58. The Balaban J connectivity index is 0.00000741. The third kappa shape index (κ3) is 11.8. The highest BCUT2D eigenvalue weighted by Crippen LogP contribution is 2.39. The topological polar surface area (TPSA) is 239 Å². The maximum atomic E-state index is 14.3. The third-order valence-corrected chi connectivity index (χ3v) is 13.6. The second-order valence-corrected chi connectivity index (χ2v) is 19.6. The number of hydrogen-bond acceptors (Lipinski definition) is 11. The van der Waals surface area contributed by atoms with Crippen LogP contribution >= 0.6 is 23.7 Å². The van der Waals surface area contributed by atoms with Crippen LogP contribution < -0.4 is 37.1 Å². The molecule has 18 heteroatoms. The van der Waals surface area contributed by atoms with Crippen molar-refractivity contribution in [2.75, 3.05) is 18.1 Å². The van der Waals surface area contributed by atoms with E-state index in [9.17, 15) is 33.9 Å². The molecule has 3 aliphatic heterocycles. The van der Waals surface area contributed by atoms with Gasteiger partial charge in [0.05, 0.1) is 52.4 Å². The maximum Gasteiger partial charge on any atom is 0.246 e. The summed E-state index contributed by atoms with van der Waals surface area (Å²) in [7, 11) is 0. The Hall–Kier alpha value is -5.88. The molecule has 8 N–H and O–H groups in total. The van der Waals surface area contributed by atoms with Crippen LogP contribution in [-0.4, -0.2) is 99.9 Å². The second-order valence-electron chi connectivity index (χ2n) is 18.7. The number of para-hydroxylation sites is 1. The molecule has 6 amide bonds. The molecule has 3 aliphatic rings. The molecular weight excluding hydrogens is 896 g/mol. The first-order chi connectivity index (χ1) is 31.4. The quantitative estimate of drug-likeness (QED) is 0.0950. The van der Waals surface area contributed by atoms with Crippen LogP contribution in [0.3, 0.4) is 0 Å². The average molecular weight is 958 g/mol. The molecule has 3 aromatic carbocycles. The minimum atomic E-state index is -1.03. The van der Waals surface area contributed by atoms with Gasteiger partial charge in [0.1, 0.15) is 30.5 Å². The maximum absolute atomic E-state index is 14.3. The van der Waals surface area contributed by atoms with E-state index in [1.165, 1.54) is 9.80 Å². The highest BCUT2D eigenvalue weighted by molar-refractivity contribution is 7.13. The number of nitrogens with two attached hydrogens (primary N) is 2. The van der Waals surface area contributed by atoms with Crippen molar-refractivity contribution in [2.24, 2.45) is 16.9 Å². The van der Waals surface area contributed by atoms with E-state index in [0.717, 1.165) is 38.5 Å². The summed E-state index contributed by atoms with van der Waals surface area (Å²) in [6, 6.07) is 15.9. The molecule has 1 saturated heterocycles. The van der Waals surface area contributed by atoms with Gasteiger partial charge in [-0.2, -0.15) is 0 Å². The van der Waals surface area contributed by atoms with E-state index in [-0.39, 0.29) is 63.2 Å². The van der Waals surface area contributed by atoms with Crippen molar-refractivity contribution in [2.45, 2.75) is 122 Å². The molecule has 0 unspecified atom stereocenters. The number of ether oxygens (including phenoxy) is 1. The third-order valence-electron chi connectivity index (χ3n) is 12.6. The second kappa shape index (κ2) is 21.4. The van der Waals surface area contributed by atoms with E-state index in [0.29, 0.717) is 30.6 Å². The number of anilines is 1. The normalized spacial score (nSPS) is 20.1. The van der Waals surface area contributed by atoms with E-state index in [4.69, 9.17) is 16.2 Å². The van der Waals surface area contributed by atoms with Crippen LogP contribution in [0, 0.1) is 12.3 Å². The minimum Gasteiger partial charge on any atom is -0.491 e. The van der Waals surface area contributed by atoms with Crippen LogP contribution in [-0.2, 0) is 48.0 Å². The van der Waals surface area contributed by atoms with E-state index < -0.39 is 71.3 Å². The number of benzene rings is 3. The summed E-state index contributed by atoms with van der Waals surface area (Å²) in [6.45, 7) is 9.19. The molecule has 4 aromatic rings. The Morgan fingerprint density at radius 3 is 2.36 bits per heavy atom. The minimum absolute atomic E-state index is 0. The van der Waals surface area contributed by atoms with Gasteiger partial charge in [-0.25, -0.2) is 4.98 Å². The standard InChI is InChI=1S/C49H60N8O8S.ClH/c1-27(30-12-14-32(15-13-30)43-28(2)52-26-66-43)53-45(61)38-23-35(58)24-56(38)48(64)44(49(3,4)5)55-41(60)21-29-8-6-11-36(20-29)65-25-34(17-19-40(51)59)54-46(62)39-22-33-10-7-9-31-16-18-37(50)47(63)57(39)42(31)33;/h6-15,20,26-27,34-35,37-39,44,58H,16-19,21-25,50H2,1-5H3,(H2,51,59)(H,53,61)(H,54,62)(H,55,60);1H/t27-,34-,35+,37-,38-,39-,44+;/m0./s1. The lowest BCUT2D eigenvalue weighted by atomic mass is 9.85. The molecule has 0 bridgehead atoms. The number of carbonyl (C=O) groups is 6. The van der Waals surface area contributed by atoms with Gasteiger partial charge in [-0.3, -0.25) is 33.7 Å². The fourth-order valence-corrected chi connectivity index (χ4v) is 9.84. The number of aromatic nitrogens is 1. The van der Waals surface area contributed by atoms with Crippen molar-refractivity contribution >= 4 is 64.9 Å². The van der Waals surface area contributed by atoms with Gasteiger partial charge >= 0.3 is 0 Å². The Bertz CT molecular complexity index is 2480. The van der Waals surface area contributed by atoms with Crippen LogP contribution in [0.15, 0.2) is 72.2 Å². The van der Waals surface area contributed by atoms with Crippen molar-refractivity contribution in [3.63, 3.8) is 0 Å². The zero-order valence-corrected chi connectivity index (χ0v) is 40.1. The number of likely N-dealkylation sites (tertiary alicyclic amines) is 1. The summed E-state index contributed by atoms with van der Waals surface area (Å²) in [5, 5.41) is 19.6. The molecule has 1 aromatic heterocycles. The first-order valence-electron chi connectivity index (χ1n) is 22.5. The summed E-state index contributed by atoms with van der Waals surface area (Å²) in [4.78, 5) is 89.2. The molecular formula is C49H61ClN8O8S. The van der Waals surface area contributed by atoms with Crippen molar-refractivity contribution in [3.8, 4) is 16.2 Å². The molecule has 1 fully saturated rings. The zero-order chi connectivity index (χ0) is 47.4. The smallest absolute Gasteiger partial charge is 0.246 e. The lowest BCUT2D eigenvalue weighted by Gasteiger charge is -2.35. The van der Waals surface area contributed by atoms with E-state index in [1.54, 1.807) is 41.1 Å². The largest absolute Gasteiger partial charge is 0.491 e. The SMILES string of the molecule is Cc1ncsc1-c1ccc([C@H](C)NC(=O)[C@@H]2C[C@@H](O)CN2C(=O)[C@@H](NC(=O)Cc2cccc(OC[C@H](CCC(N)=O)NC(=O)[C@@H]3Cc4cccc5c4N3C(=O)[C@@H](N)CC5)c2)C(C)(C)C)cc1.Cl. The van der Waals surface area contributed by atoms with Gasteiger partial charge in [0.15, 0.2) is 0 Å². The number of halogens is 1. The van der Waals surface area contributed by atoms with Crippen molar-refractivity contribution in [1.29, 1.82) is 0 Å². The Kier molecular flexibility index (Phi) is 16.1. The zero-order valence-electron chi connectivity index (χ0n) is 38.5. The highest BCUT2D eigenvalue weighted by atomic mass is 35.5. The Labute approximate surface area is 401 Å². The van der Waals surface area contributed by atoms with Gasteiger partial charge in [-0.05, 0) is 78.5 Å². The number of nitrogens with zero attached hydrogens (tertiary/aromatic N) is 3. The molecule has 67 heavy (non-hydrogen) atoms. The summed E-state index contributed by atoms with van der Waals surface area (Å²) in [6.07, 6.45) is 0.611. The predicted molar refractivity (Wildman–Crippen MR) is 257 cm³/mol. The summed E-state index contributed by atoms with van der Waals surface area (Å²) in [5.41, 5.74) is 18.8. The van der Waals surface area contributed by atoms with Gasteiger partial charge in [0.25, 0.3) is 0 Å². The molecule has 7 atom stereocenters. The van der Waals surface area contributed by atoms with Crippen molar-refractivity contribution in [1.82, 2.24) is 25.8 Å². The summed E-state index contributed by atoms with van der Waals surface area (Å²) >= 11 is 1.56. The summed E-state index contributed by atoms with van der Waals surface area (Å²) in [5.74, 6) is -2.18. The van der Waals surface area contributed by atoms with Crippen LogP contribution in [0.5, 0.6) is 5.75 Å². The number of thiazole rings is 1. The molecule has 358 valence electrons. The number of aryl methyl sites for hydroxylation is 2. The number of hydrogen-bond donors (Lipinski definition) is 6. The molecule has 0 radical (unpaired) electrons. The van der Waals surface area contributed by atoms with E-state index >= 15 is 0 Å². The molecule has 4 heterocycles. The fourth-order valence-electron chi connectivity index (χ4n) is 9.03. The molecule has 0 aliphatic carbocycles. The monoisotopic (exact) mass is 956 g/mol. The molecule has 16 nitrogen and oxygen atoms in total. The van der Waals surface area contributed by atoms with Gasteiger partial charge in [-0.1, -0.05) is 75.4 Å². The first-order valence-corrected chi connectivity index (χ1v) is 23.3. The van der Waals surface area contributed by atoms with Crippen LogP contribution in [0.2, 0.25) is 0 Å². The fraction of sp³-hybridized carbons (Fsp3) is 0.449. The summed E-state index contributed by atoms with van der Waals surface area (Å²) < 4.78 is 6.13. The molecule has 7 rings (SSSR count). The van der Waals surface area contributed by atoms with Crippen LogP contribution in [0.4, 0.5) is 5.69 Å². The van der Waals surface area contributed by atoms with Gasteiger partial charge in [0, 0.05) is 25.8 Å². The number of carbonyl (C=O) groups excluding carboxylic acids is 6. The number of primary amides is 1. The van der Waals surface area contributed by atoms with E-state index in [1.807, 2.05) is 77.1 Å². The molecule has 0 spiro atoms. The highest BCUT2D eigenvalue weighted by Gasteiger charge is 2.45. The number of aliphatic hydroxyl groups excluding tert-OH is 1. The number of rotatable bonds is 16. The van der Waals surface area contributed by atoms with Gasteiger partial charge in [-0.15, -0.1) is 23.7 Å². The van der Waals surface area contributed by atoms with Gasteiger partial charge < -0.3 is 42.2 Å². The van der Waals surface area contributed by atoms with Gasteiger partial charge in [0.2, 0.25) is 35.4 Å². The number of amides is 6. The molecule has 0 saturated carbocycles. The van der Waals surface area contributed by atoms with Crippen molar-refractivity contribution in [3.05, 3.63) is 100 Å². The first kappa shape index (κ1) is 50.5. The van der Waals surface area contributed by atoms with Crippen LogP contribution in [0.1, 0.15) is 87.4 Å². The predicted octanol–water partition coefficient (Wildman–Crippen LogP) is 3.81.